The molecule has 1 aliphatic heterocycles. The molecule has 0 radical (unpaired) electrons. The molecule has 0 bridgehead atoms. The normalized spacial score (nSPS) is 17.4. The summed E-state index contributed by atoms with van der Waals surface area (Å²) in [5.41, 5.74) is 2.06. The Balaban J connectivity index is 1.27. The van der Waals surface area contributed by atoms with Crippen molar-refractivity contribution in [3.05, 3.63) is 59.4 Å². The summed E-state index contributed by atoms with van der Waals surface area (Å²) < 4.78 is 10.8. The molecule has 4 heterocycles. The van der Waals surface area contributed by atoms with Gasteiger partial charge in [0, 0.05) is 18.5 Å². The molecule has 28 heavy (non-hydrogen) atoms. The summed E-state index contributed by atoms with van der Waals surface area (Å²) in [6.45, 7) is 2.74. The number of hydrogen-bond acceptors (Lipinski definition) is 7. The van der Waals surface area contributed by atoms with Crippen LogP contribution in [0.4, 0.5) is 0 Å². The second-order valence-corrected chi connectivity index (χ2v) is 7.96. The van der Waals surface area contributed by atoms with E-state index >= 15 is 0 Å². The Bertz CT molecular complexity index is 1090. The summed E-state index contributed by atoms with van der Waals surface area (Å²) in [6.07, 6.45) is 1.02. The van der Waals surface area contributed by atoms with E-state index in [0.29, 0.717) is 5.82 Å². The van der Waals surface area contributed by atoms with Crippen molar-refractivity contribution in [3.8, 4) is 16.5 Å². The molecule has 0 saturated carbocycles. The first-order valence-corrected chi connectivity index (χ1v) is 10.2. The number of ether oxygens (including phenoxy) is 1. The van der Waals surface area contributed by atoms with Gasteiger partial charge in [0.2, 0.25) is 11.7 Å². The molecule has 0 amide bonds. The molecule has 0 aliphatic carbocycles. The largest absolute Gasteiger partial charge is 0.497 e. The molecule has 1 fully saturated rings. The van der Waals surface area contributed by atoms with Crippen molar-refractivity contribution in [2.24, 2.45) is 0 Å². The molecule has 7 heteroatoms. The Labute approximate surface area is 166 Å². The van der Waals surface area contributed by atoms with Gasteiger partial charge in [0.1, 0.15) is 5.75 Å². The lowest BCUT2D eigenvalue weighted by molar-refractivity contribution is 0.306. The summed E-state index contributed by atoms with van der Waals surface area (Å²) >= 11 is 1.63. The Morgan fingerprint density at radius 1 is 1.21 bits per heavy atom. The first-order valence-electron chi connectivity index (χ1n) is 9.32. The number of rotatable bonds is 5. The summed E-state index contributed by atoms with van der Waals surface area (Å²) in [7, 11) is 1.68. The van der Waals surface area contributed by atoms with E-state index in [1.807, 2.05) is 35.7 Å². The van der Waals surface area contributed by atoms with Crippen molar-refractivity contribution >= 4 is 22.2 Å². The van der Waals surface area contributed by atoms with Crippen LogP contribution < -0.4 is 4.74 Å². The van der Waals surface area contributed by atoms with Crippen molar-refractivity contribution < 1.29 is 9.26 Å². The number of thiophene rings is 1. The molecule has 1 aromatic carbocycles. The van der Waals surface area contributed by atoms with E-state index in [2.05, 4.69) is 27.2 Å². The average Bonchev–Trinajstić information content (AvgIpc) is 3.48. The van der Waals surface area contributed by atoms with Gasteiger partial charge in [-0.3, -0.25) is 9.88 Å². The average molecular weight is 392 g/mol. The summed E-state index contributed by atoms with van der Waals surface area (Å²) in [4.78, 5) is 12.9. The highest BCUT2D eigenvalue weighted by Crippen LogP contribution is 2.30. The van der Waals surface area contributed by atoms with Crippen LogP contribution in [0.15, 0.2) is 52.4 Å². The molecule has 1 aliphatic rings. The molecule has 1 atom stereocenters. The number of methoxy groups -OCH3 is 1. The van der Waals surface area contributed by atoms with Crippen LogP contribution in [0.2, 0.25) is 0 Å². The van der Waals surface area contributed by atoms with Gasteiger partial charge in [0.25, 0.3) is 0 Å². The highest BCUT2D eigenvalue weighted by Gasteiger charge is 2.28. The van der Waals surface area contributed by atoms with Crippen LogP contribution in [0.1, 0.15) is 23.9 Å². The fourth-order valence-corrected chi connectivity index (χ4v) is 4.32. The van der Waals surface area contributed by atoms with Crippen LogP contribution in [0.3, 0.4) is 0 Å². The second-order valence-electron chi connectivity index (χ2n) is 7.02. The number of pyridine rings is 1. The van der Waals surface area contributed by atoms with Gasteiger partial charge in [-0.25, -0.2) is 0 Å². The van der Waals surface area contributed by atoms with E-state index in [9.17, 15) is 0 Å². The van der Waals surface area contributed by atoms with Crippen molar-refractivity contribution in [1.82, 2.24) is 20.0 Å². The van der Waals surface area contributed by atoms with Gasteiger partial charge in [-0.05, 0) is 48.7 Å². The van der Waals surface area contributed by atoms with Crippen molar-refractivity contribution in [2.75, 3.05) is 20.2 Å². The van der Waals surface area contributed by atoms with E-state index < -0.39 is 0 Å². The highest BCUT2D eigenvalue weighted by molar-refractivity contribution is 7.13. The zero-order valence-corrected chi connectivity index (χ0v) is 16.4. The Morgan fingerprint density at radius 3 is 3.04 bits per heavy atom. The number of benzene rings is 1. The lowest BCUT2D eigenvalue weighted by Gasteiger charge is -2.15. The lowest BCUT2D eigenvalue weighted by atomic mass is 10.1. The van der Waals surface area contributed by atoms with Gasteiger partial charge in [-0.2, -0.15) is 4.98 Å². The molecule has 142 valence electrons. The molecular weight excluding hydrogens is 372 g/mol. The Kier molecular flexibility index (Phi) is 4.54. The third-order valence-electron chi connectivity index (χ3n) is 5.14. The van der Waals surface area contributed by atoms with Crippen LogP contribution >= 0.6 is 11.3 Å². The molecule has 3 aromatic heterocycles. The summed E-state index contributed by atoms with van der Waals surface area (Å²) in [5, 5.41) is 7.26. The third kappa shape index (κ3) is 3.39. The second kappa shape index (κ2) is 7.33. The minimum Gasteiger partial charge on any atom is -0.497 e. The van der Waals surface area contributed by atoms with Gasteiger partial charge in [0.05, 0.1) is 29.1 Å². The molecule has 4 aromatic rings. The highest BCUT2D eigenvalue weighted by atomic mass is 32.1. The maximum atomic E-state index is 5.54. The molecule has 6 nitrogen and oxygen atoms in total. The van der Waals surface area contributed by atoms with Gasteiger partial charge >= 0.3 is 0 Å². The molecule has 5 rings (SSSR count). The zero-order valence-electron chi connectivity index (χ0n) is 15.5. The smallest absolute Gasteiger partial charge is 0.231 e. The number of hydrogen-bond donors (Lipinski definition) is 0. The molecule has 0 N–H and O–H groups in total. The van der Waals surface area contributed by atoms with Crippen molar-refractivity contribution in [1.29, 1.82) is 0 Å². The summed E-state index contributed by atoms with van der Waals surface area (Å²) in [5.74, 6) is 2.57. The van der Waals surface area contributed by atoms with Crippen LogP contribution in [0.25, 0.3) is 21.6 Å². The molecule has 0 spiro atoms. The minimum absolute atomic E-state index is 0.283. The summed E-state index contributed by atoms with van der Waals surface area (Å²) in [6, 6.07) is 14.2. The number of aromatic nitrogens is 3. The number of nitrogens with zero attached hydrogens (tertiary/aromatic N) is 4. The fourth-order valence-electron chi connectivity index (χ4n) is 3.67. The first-order chi connectivity index (χ1) is 13.8. The minimum atomic E-state index is 0.283. The lowest BCUT2D eigenvalue weighted by Crippen LogP contribution is -2.20. The maximum absolute atomic E-state index is 5.54. The monoisotopic (exact) mass is 392 g/mol. The Hall–Kier alpha value is -2.77. The van der Waals surface area contributed by atoms with E-state index in [0.717, 1.165) is 59.2 Å². The van der Waals surface area contributed by atoms with Gasteiger partial charge in [0.15, 0.2) is 0 Å². The van der Waals surface area contributed by atoms with E-state index in [4.69, 9.17) is 14.2 Å². The topological polar surface area (TPSA) is 64.3 Å². The van der Waals surface area contributed by atoms with Crippen molar-refractivity contribution in [3.63, 3.8) is 0 Å². The molecule has 1 unspecified atom stereocenters. The SMILES string of the molecule is COc1ccc2nc(CN3CCC(c4nc(-c5cccs5)no4)C3)ccc2c1. The van der Waals surface area contributed by atoms with E-state index in [-0.39, 0.29) is 5.92 Å². The molecule has 1 saturated heterocycles. The zero-order chi connectivity index (χ0) is 18.9. The predicted molar refractivity (Wildman–Crippen MR) is 109 cm³/mol. The van der Waals surface area contributed by atoms with Crippen LogP contribution in [-0.2, 0) is 6.54 Å². The Morgan fingerprint density at radius 2 is 2.18 bits per heavy atom. The van der Waals surface area contributed by atoms with E-state index in [1.54, 1.807) is 18.4 Å². The quantitative estimate of drug-likeness (QED) is 0.503. The van der Waals surface area contributed by atoms with Crippen LogP contribution in [0, 0.1) is 0 Å². The maximum Gasteiger partial charge on any atom is 0.231 e. The number of likely N-dealkylation sites (tertiary alicyclic amines) is 1. The van der Waals surface area contributed by atoms with Crippen molar-refractivity contribution in [2.45, 2.75) is 18.9 Å². The first kappa shape index (κ1) is 17.3. The third-order valence-corrected chi connectivity index (χ3v) is 6.01. The number of fused-ring (bicyclic) bond motifs is 1. The van der Waals surface area contributed by atoms with Crippen LogP contribution in [0.5, 0.6) is 5.75 Å². The van der Waals surface area contributed by atoms with Crippen LogP contribution in [-0.4, -0.2) is 40.2 Å². The predicted octanol–water partition coefficient (Wildman–Crippen LogP) is 4.34. The standard InChI is InChI=1S/C21H20N4O2S/c1-26-17-6-7-18-14(11-17)4-5-16(22-18)13-25-9-8-15(12-25)21-23-20(24-27-21)19-3-2-10-28-19/h2-7,10-11,15H,8-9,12-13H2,1H3. The van der Waals surface area contributed by atoms with Gasteiger partial charge in [-0.1, -0.05) is 17.3 Å². The fraction of sp³-hybridized carbons (Fsp3) is 0.286. The van der Waals surface area contributed by atoms with E-state index in [1.165, 1.54) is 0 Å². The van der Waals surface area contributed by atoms with Gasteiger partial charge in [-0.15, -0.1) is 11.3 Å². The molecular formula is C21H20N4O2S. The van der Waals surface area contributed by atoms with Gasteiger partial charge < -0.3 is 9.26 Å².